The zero-order valence-corrected chi connectivity index (χ0v) is 11.5. The number of primary sulfonamides is 1. The highest BCUT2D eigenvalue weighted by Gasteiger charge is 2.19. The predicted octanol–water partition coefficient (Wildman–Crippen LogP) is 0.967. The highest BCUT2D eigenvalue weighted by atomic mass is 32.2. The lowest BCUT2D eigenvalue weighted by Crippen LogP contribution is -2.14. The van der Waals surface area contributed by atoms with Gasteiger partial charge in [-0.15, -0.1) is 0 Å². The quantitative estimate of drug-likeness (QED) is 0.649. The molecule has 0 amide bonds. The summed E-state index contributed by atoms with van der Waals surface area (Å²) in [5.41, 5.74) is 0.398. The van der Waals surface area contributed by atoms with Crippen molar-refractivity contribution < 1.29 is 27.2 Å². The van der Waals surface area contributed by atoms with E-state index in [0.717, 1.165) is 12.1 Å². The van der Waals surface area contributed by atoms with E-state index >= 15 is 0 Å². The summed E-state index contributed by atoms with van der Waals surface area (Å²) in [5.74, 6) is -1.68. The first-order valence-corrected chi connectivity index (χ1v) is 7.30. The van der Waals surface area contributed by atoms with Crippen molar-refractivity contribution in [2.75, 3.05) is 6.61 Å². The fraction of sp³-hybridized carbons (Fsp3) is 0.0769. The molecule has 2 aromatic rings. The minimum absolute atomic E-state index is 0.347. The number of hydrogen-bond donors (Lipinski definition) is 1. The number of carbonyl (C=O) groups is 2. The molecule has 7 nitrogen and oxygen atoms in total. The van der Waals surface area contributed by atoms with Crippen LogP contribution in [0.4, 0.5) is 0 Å². The summed E-state index contributed by atoms with van der Waals surface area (Å²) in [6, 6.07) is 10.4. The smallest absolute Gasteiger partial charge is 0.374 e. The van der Waals surface area contributed by atoms with Gasteiger partial charge in [-0.3, -0.25) is 4.79 Å². The van der Waals surface area contributed by atoms with Gasteiger partial charge in [0.2, 0.25) is 10.9 Å². The van der Waals surface area contributed by atoms with E-state index in [1.807, 2.05) is 0 Å². The van der Waals surface area contributed by atoms with Gasteiger partial charge in [-0.2, -0.15) is 0 Å². The molecule has 0 saturated carbocycles. The van der Waals surface area contributed by atoms with E-state index in [1.165, 1.54) is 0 Å². The second kappa shape index (κ2) is 5.90. The Morgan fingerprint density at radius 3 is 2.33 bits per heavy atom. The Labute approximate surface area is 120 Å². The maximum Gasteiger partial charge on any atom is 0.374 e. The molecule has 0 spiro atoms. The Hall–Kier alpha value is -2.45. The molecule has 8 heteroatoms. The van der Waals surface area contributed by atoms with Gasteiger partial charge in [0.15, 0.2) is 12.4 Å². The molecule has 0 unspecified atom stereocenters. The molecule has 0 radical (unpaired) electrons. The van der Waals surface area contributed by atoms with Gasteiger partial charge in [0, 0.05) is 5.56 Å². The maximum absolute atomic E-state index is 11.7. The van der Waals surface area contributed by atoms with Crippen LogP contribution >= 0.6 is 0 Å². The zero-order valence-electron chi connectivity index (χ0n) is 10.7. The van der Waals surface area contributed by atoms with E-state index in [9.17, 15) is 18.0 Å². The molecule has 110 valence electrons. The van der Waals surface area contributed by atoms with Gasteiger partial charge in [0.1, 0.15) is 0 Å². The summed E-state index contributed by atoms with van der Waals surface area (Å²) in [7, 11) is -4.03. The van der Waals surface area contributed by atoms with Crippen molar-refractivity contribution in [2.24, 2.45) is 5.14 Å². The van der Waals surface area contributed by atoms with Gasteiger partial charge in [0.05, 0.1) is 0 Å². The number of Topliss-reactive ketones (excluding diaryl/α,β-unsaturated/α-hetero) is 1. The highest BCUT2D eigenvalue weighted by molar-refractivity contribution is 7.89. The van der Waals surface area contributed by atoms with Gasteiger partial charge in [-0.25, -0.2) is 18.4 Å². The van der Waals surface area contributed by atoms with Crippen LogP contribution in [0.3, 0.4) is 0 Å². The fourth-order valence-electron chi connectivity index (χ4n) is 1.49. The van der Waals surface area contributed by atoms with Crippen LogP contribution in [0.1, 0.15) is 20.9 Å². The number of furan rings is 1. The van der Waals surface area contributed by atoms with Crippen LogP contribution in [0, 0.1) is 0 Å². The van der Waals surface area contributed by atoms with Crippen molar-refractivity contribution in [3.63, 3.8) is 0 Å². The summed E-state index contributed by atoms with van der Waals surface area (Å²) in [5, 5.41) is 4.29. The first kappa shape index (κ1) is 14.9. The number of esters is 1. The molecule has 1 heterocycles. The van der Waals surface area contributed by atoms with Gasteiger partial charge >= 0.3 is 5.97 Å². The summed E-state index contributed by atoms with van der Waals surface area (Å²) < 4.78 is 31.5. The largest absolute Gasteiger partial charge is 0.451 e. The molecule has 0 saturated heterocycles. The maximum atomic E-state index is 11.7. The topological polar surface area (TPSA) is 117 Å². The third kappa shape index (κ3) is 3.77. The molecule has 2 rings (SSSR count). The molecule has 0 aliphatic carbocycles. The monoisotopic (exact) mass is 309 g/mol. The number of nitrogens with two attached hydrogens (primary N) is 1. The molecule has 0 fully saturated rings. The number of benzene rings is 1. The Kier molecular flexibility index (Phi) is 4.20. The summed E-state index contributed by atoms with van der Waals surface area (Å²) in [4.78, 5) is 23.3. The van der Waals surface area contributed by atoms with Crippen molar-refractivity contribution in [1.29, 1.82) is 0 Å². The summed E-state index contributed by atoms with van der Waals surface area (Å²) >= 11 is 0. The molecule has 0 bridgehead atoms. The van der Waals surface area contributed by atoms with E-state index in [2.05, 4.69) is 0 Å². The van der Waals surface area contributed by atoms with Gasteiger partial charge in [-0.1, -0.05) is 30.3 Å². The summed E-state index contributed by atoms with van der Waals surface area (Å²) in [6.45, 7) is -0.478. The number of ether oxygens (including phenoxy) is 1. The molecular formula is C13H11NO6S. The lowest BCUT2D eigenvalue weighted by atomic mass is 10.1. The SMILES string of the molecule is NS(=O)(=O)c1ccc(C(=O)OCC(=O)c2ccccc2)o1. The average molecular weight is 309 g/mol. The van der Waals surface area contributed by atoms with E-state index in [1.54, 1.807) is 30.3 Å². The molecule has 0 atom stereocenters. The lowest BCUT2D eigenvalue weighted by molar-refractivity contribution is 0.0439. The molecule has 1 aromatic heterocycles. The van der Waals surface area contributed by atoms with Gasteiger partial charge in [-0.05, 0) is 12.1 Å². The average Bonchev–Trinajstić information content (AvgIpc) is 2.95. The second-order valence-corrected chi connectivity index (χ2v) is 5.52. The Morgan fingerprint density at radius 2 is 1.76 bits per heavy atom. The molecule has 0 aliphatic heterocycles. The molecule has 2 N–H and O–H groups in total. The Bertz CT molecular complexity index is 763. The van der Waals surface area contributed by atoms with Crippen LogP contribution in [0.25, 0.3) is 0 Å². The highest BCUT2D eigenvalue weighted by Crippen LogP contribution is 2.13. The van der Waals surface area contributed by atoms with Crippen molar-refractivity contribution >= 4 is 21.8 Å². The first-order valence-electron chi connectivity index (χ1n) is 5.76. The van der Waals surface area contributed by atoms with Crippen molar-refractivity contribution in [2.45, 2.75) is 5.09 Å². The van der Waals surface area contributed by atoms with Crippen LogP contribution in [0.15, 0.2) is 52.0 Å². The summed E-state index contributed by atoms with van der Waals surface area (Å²) in [6.07, 6.45) is 0. The number of rotatable bonds is 5. The van der Waals surface area contributed by atoms with Crippen LogP contribution < -0.4 is 5.14 Å². The van der Waals surface area contributed by atoms with Crippen LogP contribution in [-0.4, -0.2) is 26.8 Å². The lowest BCUT2D eigenvalue weighted by Gasteiger charge is -2.02. The Balaban J connectivity index is 1.99. The van der Waals surface area contributed by atoms with E-state index in [0.29, 0.717) is 5.56 Å². The van der Waals surface area contributed by atoms with Crippen LogP contribution in [-0.2, 0) is 14.8 Å². The minimum Gasteiger partial charge on any atom is -0.451 e. The van der Waals surface area contributed by atoms with Crippen LogP contribution in [0.2, 0.25) is 0 Å². The van der Waals surface area contributed by atoms with Crippen molar-refractivity contribution in [1.82, 2.24) is 0 Å². The molecular weight excluding hydrogens is 298 g/mol. The standard InChI is InChI=1S/C13H11NO6S/c14-21(17,18)12-7-6-11(20-12)13(16)19-8-10(15)9-4-2-1-3-5-9/h1-7H,8H2,(H2,14,17,18). The minimum atomic E-state index is -4.03. The second-order valence-electron chi connectivity index (χ2n) is 4.03. The molecule has 1 aromatic carbocycles. The van der Waals surface area contributed by atoms with Crippen molar-refractivity contribution in [3.8, 4) is 0 Å². The van der Waals surface area contributed by atoms with E-state index < -0.39 is 27.7 Å². The van der Waals surface area contributed by atoms with E-state index in [-0.39, 0.29) is 11.5 Å². The third-order valence-electron chi connectivity index (χ3n) is 2.49. The third-order valence-corrected chi connectivity index (χ3v) is 3.27. The number of sulfonamides is 1. The number of ketones is 1. The van der Waals surface area contributed by atoms with Crippen LogP contribution in [0.5, 0.6) is 0 Å². The predicted molar refractivity (Wildman–Crippen MR) is 71.1 cm³/mol. The Morgan fingerprint density at radius 1 is 1.10 bits per heavy atom. The molecule has 0 aliphatic rings. The van der Waals surface area contributed by atoms with E-state index in [4.69, 9.17) is 14.3 Å². The molecule has 21 heavy (non-hydrogen) atoms. The normalized spacial score (nSPS) is 11.1. The number of carbonyl (C=O) groups excluding carboxylic acids is 2. The number of hydrogen-bond acceptors (Lipinski definition) is 6. The first-order chi connectivity index (χ1) is 9.88. The van der Waals surface area contributed by atoms with Gasteiger partial charge < -0.3 is 9.15 Å². The zero-order chi connectivity index (χ0) is 15.5. The fourth-order valence-corrected chi connectivity index (χ4v) is 1.96. The van der Waals surface area contributed by atoms with Gasteiger partial charge in [0.25, 0.3) is 10.0 Å². The van der Waals surface area contributed by atoms with Crippen molar-refractivity contribution in [3.05, 3.63) is 53.8 Å².